The first-order chi connectivity index (χ1) is 15.2. The topological polar surface area (TPSA) is 147 Å². The molecule has 2 heterocycles. The molecular formula is C20H18ClFN6O4. The number of anilines is 2. The first-order valence-corrected chi connectivity index (χ1v) is 9.72. The van der Waals surface area contributed by atoms with Gasteiger partial charge in [0.15, 0.2) is 0 Å². The van der Waals surface area contributed by atoms with Gasteiger partial charge in [0.05, 0.1) is 29.7 Å². The van der Waals surface area contributed by atoms with Crippen molar-refractivity contribution in [3.8, 4) is 6.07 Å². The highest BCUT2D eigenvalue weighted by atomic mass is 35.5. The molecule has 166 valence electrons. The van der Waals surface area contributed by atoms with Crippen LogP contribution in [0, 0.1) is 17.1 Å². The van der Waals surface area contributed by atoms with E-state index in [2.05, 4.69) is 15.6 Å². The average molecular weight is 461 g/mol. The molecule has 2 aromatic rings. The smallest absolute Gasteiger partial charge is 0.336 e. The number of ether oxygens (including phenoxy) is 1. The molecule has 32 heavy (non-hydrogen) atoms. The second-order valence-electron chi connectivity index (χ2n) is 6.65. The zero-order valence-corrected chi connectivity index (χ0v) is 18.0. The number of amides is 1. The van der Waals surface area contributed by atoms with Crippen LogP contribution in [0.2, 0.25) is 5.02 Å². The van der Waals surface area contributed by atoms with Gasteiger partial charge in [-0.3, -0.25) is 9.69 Å². The van der Waals surface area contributed by atoms with Crippen LogP contribution in [0.25, 0.3) is 0 Å². The molecule has 3 rings (SSSR count). The SMILES string of the molecule is CCOC(=O)C1=C(C)N(c2nonc2NC(C)=O)C(N)=C(C#N)[C@H]1c1c(F)cccc1Cl. The fraction of sp³-hybridized carbons (Fsp3) is 0.250. The number of rotatable bonds is 5. The Morgan fingerprint density at radius 1 is 1.44 bits per heavy atom. The molecule has 1 aliphatic rings. The largest absolute Gasteiger partial charge is 0.463 e. The van der Waals surface area contributed by atoms with E-state index in [1.54, 1.807) is 6.92 Å². The lowest BCUT2D eigenvalue weighted by molar-refractivity contribution is -0.138. The van der Waals surface area contributed by atoms with Crippen LogP contribution in [-0.2, 0) is 14.3 Å². The number of nitriles is 1. The van der Waals surface area contributed by atoms with Crippen LogP contribution >= 0.6 is 11.6 Å². The third-order valence-electron chi connectivity index (χ3n) is 4.70. The first-order valence-electron chi connectivity index (χ1n) is 9.34. The number of allylic oxidation sites excluding steroid dienone is 2. The number of halogens is 2. The van der Waals surface area contributed by atoms with Crippen molar-refractivity contribution in [2.24, 2.45) is 5.73 Å². The fourth-order valence-corrected chi connectivity index (χ4v) is 3.72. The van der Waals surface area contributed by atoms with Gasteiger partial charge in [-0.25, -0.2) is 13.8 Å². The predicted octanol–water partition coefficient (Wildman–Crippen LogP) is 2.96. The molecule has 0 saturated carbocycles. The Kier molecular flexibility index (Phi) is 6.45. The standard InChI is InChI=1S/C20H18ClFN6O4/c1-4-31-20(30)14-9(2)28(19-18(25-10(3)29)26-32-27-19)17(24)11(8-23)15(14)16-12(21)6-5-7-13(16)22/h5-7,15H,4,24H2,1-3H3,(H,25,26,29)/t15-/m1/s1. The summed E-state index contributed by atoms with van der Waals surface area (Å²) in [7, 11) is 0. The van der Waals surface area contributed by atoms with Crippen molar-refractivity contribution in [3.63, 3.8) is 0 Å². The number of hydrogen-bond donors (Lipinski definition) is 2. The second kappa shape index (κ2) is 9.07. The molecule has 0 unspecified atom stereocenters. The van der Waals surface area contributed by atoms with Gasteiger partial charge in [-0.2, -0.15) is 5.26 Å². The Morgan fingerprint density at radius 2 is 2.16 bits per heavy atom. The quantitative estimate of drug-likeness (QED) is 0.642. The number of aromatic nitrogens is 2. The Balaban J connectivity index is 2.33. The Labute approximate surface area is 187 Å². The van der Waals surface area contributed by atoms with Crippen LogP contribution in [0.5, 0.6) is 0 Å². The third-order valence-corrected chi connectivity index (χ3v) is 5.03. The number of nitrogens with zero attached hydrogens (tertiary/aromatic N) is 4. The van der Waals surface area contributed by atoms with Gasteiger partial charge in [0, 0.05) is 23.2 Å². The van der Waals surface area contributed by atoms with Crippen molar-refractivity contribution < 1.29 is 23.3 Å². The fourth-order valence-electron chi connectivity index (χ4n) is 3.44. The van der Waals surface area contributed by atoms with Crippen LogP contribution in [0.1, 0.15) is 32.3 Å². The summed E-state index contributed by atoms with van der Waals surface area (Å²) < 4.78 is 24.8. The second-order valence-corrected chi connectivity index (χ2v) is 7.06. The highest BCUT2D eigenvalue weighted by molar-refractivity contribution is 6.31. The van der Waals surface area contributed by atoms with Gasteiger partial charge in [0.25, 0.3) is 0 Å². The van der Waals surface area contributed by atoms with Gasteiger partial charge in [-0.05, 0) is 36.3 Å². The van der Waals surface area contributed by atoms with E-state index in [1.165, 1.54) is 30.9 Å². The van der Waals surface area contributed by atoms with E-state index in [0.717, 1.165) is 6.07 Å². The third kappa shape index (κ3) is 3.88. The summed E-state index contributed by atoms with van der Waals surface area (Å²) in [5, 5.41) is 19.7. The minimum atomic E-state index is -1.24. The highest BCUT2D eigenvalue weighted by Crippen LogP contribution is 2.45. The zero-order valence-electron chi connectivity index (χ0n) is 17.3. The summed E-state index contributed by atoms with van der Waals surface area (Å²) in [6.45, 7) is 4.38. The van der Waals surface area contributed by atoms with Gasteiger partial charge in [-0.1, -0.05) is 17.7 Å². The molecule has 0 radical (unpaired) electrons. The van der Waals surface area contributed by atoms with Gasteiger partial charge >= 0.3 is 5.97 Å². The van der Waals surface area contributed by atoms with E-state index in [0.29, 0.717) is 0 Å². The summed E-state index contributed by atoms with van der Waals surface area (Å²) in [6.07, 6.45) is 0. The monoisotopic (exact) mass is 460 g/mol. The summed E-state index contributed by atoms with van der Waals surface area (Å²) in [5.74, 6) is -3.60. The van der Waals surface area contributed by atoms with Crippen molar-refractivity contribution in [2.45, 2.75) is 26.7 Å². The number of nitrogens with two attached hydrogens (primary N) is 1. The number of nitrogens with one attached hydrogen (secondary N) is 1. The molecule has 1 aromatic heterocycles. The number of hydrogen-bond acceptors (Lipinski definition) is 9. The molecule has 12 heteroatoms. The van der Waals surface area contributed by atoms with E-state index in [1.807, 2.05) is 6.07 Å². The van der Waals surface area contributed by atoms with E-state index in [-0.39, 0.29) is 51.5 Å². The molecule has 0 fully saturated rings. The Bertz CT molecular complexity index is 1180. The number of esters is 1. The number of benzene rings is 1. The van der Waals surface area contributed by atoms with Crippen LogP contribution < -0.4 is 16.0 Å². The van der Waals surface area contributed by atoms with Gasteiger partial charge in [0.2, 0.25) is 17.5 Å². The maximum Gasteiger partial charge on any atom is 0.336 e. The van der Waals surface area contributed by atoms with Crippen LogP contribution in [0.3, 0.4) is 0 Å². The van der Waals surface area contributed by atoms with Gasteiger partial charge in [-0.15, -0.1) is 0 Å². The Hall–Kier alpha value is -3.91. The van der Waals surface area contributed by atoms with Crippen molar-refractivity contribution in [3.05, 3.63) is 57.3 Å². The van der Waals surface area contributed by atoms with E-state index < -0.39 is 23.6 Å². The van der Waals surface area contributed by atoms with Gasteiger partial charge < -0.3 is 15.8 Å². The van der Waals surface area contributed by atoms with Crippen LogP contribution in [-0.4, -0.2) is 28.8 Å². The van der Waals surface area contributed by atoms with Crippen LogP contribution in [0.15, 0.2) is 45.5 Å². The summed E-state index contributed by atoms with van der Waals surface area (Å²) >= 11 is 6.26. The molecule has 0 spiro atoms. The minimum Gasteiger partial charge on any atom is -0.463 e. The van der Waals surface area contributed by atoms with E-state index >= 15 is 0 Å². The predicted molar refractivity (Wildman–Crippen MR) is 111 cm³/mol. The number of carbonyl (C=O) groups excluding carboxylic acids is 2. The maximum atomic E-state index is 14.9. The molecule has 3 N–H and O–H groups in total. The van der Waals surface area contributed by atoms with Crippen molar-refractivity contribution >= 4 is 35.1 Å². The lowest BCUT2D eigenvalue weighted by Gasteiger charge is -2.34. The van der Waals surface area contributed by atoms with E-state index in [9.17, 15) is 19.2 Å². The maximum absolute atomic E-state index is 14.9. The zero-order chi connectivity index (χ0) is 23.6. The van der Waals surface area contributed by atoms with E-state index in [4.69, 9.17) is 26.7 Å². The molecule has 1 aliphatic heterocycles. The summed E-state index contributed by atoms with van der Waals surface area (Å²) in [6, 6.07) is 5.93. The molecule has 0 saturated heterocycles. The molecular weight excluding hydrogens is 443 g/mol. The van der Waals surface area contributed by atoms with Crippen LogP contribution in [0.4, 0.5) is 16.0 Å². The molecule has 1 amide bonds. The lowest BCUT2D eigenvalue weighted by atomic mass is 9.81. The normalized spacial score (nSPS) is 16.1. The van der Waals surface area contributed by atoms with Gasteiger partial charge in [0.1, 0.15) is 11.6 Å². The minimum absolute atomic E-state index is 0.000589. The lowest BCUT2D eigenvalue weighted by Crippen LogP contribution is -2.37. The summed E-state index contributed by atoms with van der Waals surface area (Å²) in [4.78, 5) is 25.7. The molecule has 1 aromatic carbocycles. The van der Waals surface area contributed by atoms with Crippen molar-refractivity contribution in [2.75, 3.05) is 16.8 Å². The molecule has 1 atom stereocenters. The first kappa shape index (κ1) is 22.8. The van der Waals surface area contributed by atoms with Crippen molar-refractivity contribution in [1.82, 2.24) is 10.3 Å². The number of carbonyl (C=O) groups is 2. The average Bonchev–Trinajstić information content (AvgIpc) is 3.15. The molecule has 0 bridgehead atoms. The summed E-state index contributed by atoms with van der Waals surface area (Å²) in [5.41, 5.74) is 6.09. The highest BCUT2D eigenvalue weighted by Gasteiger charge is 2.42. The Morgan fingerprint density at radius 3 is 2.75 bits per heavy atom. The molecule has 0 aliphatic carbocycles. The molecule has 10 nitrogen and oxygen atoms in total. The van der Waals surface area contributed by atoms with Crippen molar-refractivity contribution in [1.29, 1.82) is 5.26 Å².